The molecule has 0 bridgehead atoms. The molecular formula is C15H23NO3S. The SMILES string of the molecule is O=S(=O)(Cc1ccccc1)NCC1(CCO)CCCC1. The largest absolute Gasteiger partial charge is 0.396 e. The first kappa shape index (κ1) is 15.5. The highest BCUT2D eigenvalue weighted by Crippen LogP contribution is 2.40. The van der Waals surface area contributed by atoms with Gasteiger partial charge in [-0.1, -0.05) is 43.2 Å². The van der Waals surface area contributed by atoms with E-state index in [-0.39, 0.29) is 17.8 Å². The minimum Gasteiger partial charge on any atom is -0.396 e. The molecule has 1 aromatic rings. The normalized spacial score (nSPS) is 18.2. The lowest BCUT2D eigenvalue weighted by Crippen LogP contribution is -2.37. The second kappa shape index (κ2) is 6.70. The summed E-state index contributed by atoms with van der Waals surface area (Å²) < 4.78 is 27.0. The van der Waals surface area contributed by atoms with Crippen molar-refractivity contribution in [1.82, 2.24) is 4.72 Å². The Balaban J connectivity index is 1.94. The highest BCUT2D eigenvalue weighted by atomic mass is 32.2. The van der Waals surface area contributed by atoms with Gasteiger partial charge < -0.3 is 5.11 Å². The van der Waals surface area contributed by atoms with Crippen LogP contribution in [0.4, 0.5) is 0 Å². The molecule has 0 aromatic heterocycles. The summed E-state index contributed by atoms with van der Waals surface area (Å²) in [7, 11) is -3.31. The van der Waals surface area contributed by atoms with E-state index in [9.17, 15) is 13.5 Å². The summed E-state index contributed by atoms with van der Waals surface area (Å²) in [6, 6.07) is 9.19. The predicted molar refractivity (Wildman–Crippen MR) is 79.7 cm³/mol. The quantitative estimate of drug-likeness (QED) is 0.809. The molecule has 1 aromatic carbocycles. The predicted octanol–water partition coefficient (Wildman–Crippen LogP) is 2.05. The molecule has 20 heavy (non-hydrogen) atoms. The van der Waals surface area contributed by atoms with Crippen LogP contribution in [0.1, 0.15) is 37.7 Å². The average molecular weight is 297 g/mol. The summed E-state index contributed by atoms with van der Waals surface area (Å²) in [4.78, 5) is 0. The summed E-state index contributed by atoms with van der Waals surface area (Å²) in [5, 5.41) is 9.18. The molecule has 1 fully saturated rings. The number of aliphatic hydroxyl groups is 1. The monoisotopic (exact) mass is 297 g/mol. The van der Waals surface area contributed by atoms with Crippen LogP contribution < -0.4 is 4.72 Å². The molecule has 1 aliphatic carbocycles. The van der Waals surface area contributed by atoms with Gasteiger partial charge in [0, 0.05) is 13.2 Å². The summed E-state index contributed by atoms with van der Waals surface area (Å²) in [6.45, 7) is 0.573. The zero-order valence-corrected chi connectivity index (χ0v) is 12.5. The molecule has 1 saturated carbocycles. The Morgan fingerprint density at radius 3 is 2.40 bits per heavy atom. The average Bonchev–Trinajstić information content (AvgIpc) is 2.87. The number of aliphatic hydroxyl groups excluding tert-OH is 1. The zero-order valence-electron chi connectivity index (χ0n) is 11.7. The van der Waals surface area contributed by atoms with Gasteiger partial charge in [-0.25, -0.2) is 13.1 Å². The van der Waals surface area contributed by atoms with E-state index in [2.05, 4.69) is 4.72 Å². The molecule has 112 valence electrons. The molecule has 0 unspecified atom stereocenters. The third kappa shape index (κ3) is 4.30. The van der Waals surface area contributed by atoms with Crippen molar-refractivity contribution in [2.24, 2.45) is 5.41 Å². The van der Waals surface area contributed by atoms with E-state index in [1.54, 1.807) is 0 Å². The lowest BCUT2D eigenvalue weighted by molar-refractivity contribution is 0.186. The molecular weight excluding hydrogens is 274 g/mol. The van der Waals surface area contributed by atoms with Crippen molar-refractivity contribution in [2.75, 3.05) is 13.2 Å². The summed E-state index contributed by atoms with van der Waals surface area (Å²) in [5.74, 6) is 0.0169. The molecule has 2 N–H and O–H groups in total. The minimum absolute atomic E-state index is 0.0169. The number of sulfonamides is 1. The van der Waals surface area contributed by atoms with Crippen molar-refractivity contribution < 1.29 is 13.5 Å². The first-order valence-corrected chi connectivity index (χ1v) is 8.83. The van der Waals surface area contributed by atoms with Gasteiger partial charge in [0.05, 0.1) is 5.75 Å². The van der Waals surface area contributed by atoms with Crippen molar-refractivity contribution in [1.29, 1.82) is 0 Å². The number of hydrogen-bond donors (Lipinski definition) is 2. The van der Waals surface area contributed by atoms with Gasteiger partial charge >= 0.3 is 0 Å². The lowest BCUT2D eigenvalue weighted by atomic mass is 9.83. The van der Waals surface area contributed by atoms with E-state index < -0.39 is 10.0 Å². The van der Waals surface area contributed by atoms with Crippen molar-refractivity contribution in [3.63, 3.8) is 0 Å². The van der Waals surface area contributed by atoms with Crippen LogP contribution in [0.5, 0.6) is 0 Å². The Morgan fingerprint density at radius 1 is 1.15 bits per heavy atom. The van der Waals surface area contributed by atoms with Crippen molar-refractivity contribution in [2.45, 2.75) is 37.9 Å². The van der Waals surface area contributed by atoms with Crippen LogP contribution in [-0.2, 0) is 15.8 Å². The molecule has 0 atom stereocenters. The van der Waals surface area contributed by atoms with Crippen LogP contribution in [-0.4, -0.2) is 26.7 Å². The molecule has 0 radical (unpaired) electrons. The van der Waals surface area contributed by atoms with Crippen LogP contribution in [0.2, 0.25) is 0 Å². The van der Waals surface area contributed by atoms with Crippen molar-refractivity contribution in [3.8, 4) is 0 Å². The molecule has 4 nitrogen and oxygen atoms in total. The number of hydrogen-bond acceptors (Lipinski definition) is 3. The van der Waals surface area contributed by atoms with Crippen LogP contribution in [0, 0.1) is 5.41 Å². The van der Waals surface area contributed by atoms with Gasteiger partial charge in [-0.3, -0.25) is 0 Å². The van der Waals surface area contributed by atoms with Gasteiger partial charge in [0.15, 0.2) is 0 Å². The van der Waals surface area contributed by atoms with Gasteiger partial charge in [0.25, 0.3) is 0 Å². The van der Waals surface area contributed by atoms with E-state index >= 15 is 0 Å². The topological polar surface area (TPSA) is 66.4 Å². The molecule has 0 heterocycles. The van der Waals surface area contributed by atoms with E-state index in [4.69, 9.17) is 0 Å². The summed E-state index contributed by atoms with van der Waals surface area (Å²) in [5.41, 5.74) is 0.751. The second-order valence-corrected chi connectivity index (χ2v) is 7.55. The maximum atomic E-state index is 12.1. The molecule has 0 aliphatic heterocycles. The third-order valence-corrected chi connectivity index (χ3v) is 5.47. The fraction of sp³-hybridized carbons (Fsp3) is 0.600. The maximum absolute atomic E-state index is 12.1. The molecule has 2 rings (SSSR count). The van der Waals surface area contributed by atoms with E-state index in [0.717, 1.165) is 31.2 Å². The van der Waals surface area contributed by atoms with Gasteiger partial charge in [0.2, 0.25) is 10.0 Å². The fourth-order valence-electron chi connectivity index (χ4n) is 2.99. The molecule has 0 amide bonds. The second-order valence-electron chi connectivity index (χ2n) is 5.75. The Morgan fingerprint density at radius 2 is 1.80 bits per heavy atom. The molecule has 0 spiro atoms. The van der Waals surface area contributed by atoms with Crippen LogP contribution >= 0.6 is 0 Å². The molecule has 0 saturated heterocycles. The van der Waals surface area contributed by atoms with Crippen LogP contribution in [0.25, 0.3) is 0 Å². The highest BCUT2D eigenvalue weighted by Gasteiger charge is 2.34. The Kier molecular flexibility index (Phi) is 5.18. The van der Waals surface area contributed by atoms with Gasteiger partial charge in [-0.15, -0.1) is 0 Å². The number of benzene rings is 1. The van der Waals surface area contributed by atoms with Gasteiger partial charge in [0.1, 0.15) is 0 Å². The third-order valence-electron chi connectivity index (χ3n) is 4.17. The Labute approximate surface area is 121 Å². The lowest BCUT2D eigenvalue weighted by Gasteiger charge is -2.28. The van der Waals surface area contributed by atoms with E-state index in [1.807, 2.05) is 30.3 Å². The highest BCUT2D eigenvalue weighted by molar-refractivity contribution is 7.88. The van der Waals surface area contributed by atoms with Crippen LogP contribution in [0.15, 0.2) is 30.3 Å². The van der Waals surface area contributed by atoms with Crippen LogP contribution in [0.3, 0.4) is 0 Å². The standard InChI is InChI=1S/C15H23NO3S/c17-11-10-15(8-4-5-9-15)13-16-20(18,19)12-14-6-2-1-3-7-14/h1-3,6-7,16-17H,4-5,8-13H2. The van der Waals surface area contributed by atoms with Gasteiger partial charge in [-0.2, -0.15) is 0 Å². The summed E-state index contributed by atoms with van der Waals surface area (Å²) >= 11 is 0. The first-order chi connectivity index (χ1) is 9.55. The van der Waals surface area contributed by atoms with E-state index in [0.29, 0.717) is 13.0 Å². The Bertz CT molecular complexity index is 507. The van der Waals surface area contributed by atoms with E-state index in [1.165, 1.54) is 0 Å². The number of rotatable bonds is 7. The Hall–Kier alpha value is -0.910. The molecule has 1 aliphatic rings. The van der Waals surface area contributed by atoms with Crippen molar-refractivity contribution in [3.05, 3.63) is 35.9 Å². The first-order valence-electron chi connectivity index (χ1n) is 7.17. The van der Waals surface area contributed by atoms with Crippen molar-refractivity contribution >= 4 is 10.0 Å². The minimum atomic E-state index is -3.31. The summed E-state index contributed by atoms with van der Waals surface area (Å²) in [6.07, 6.45) is 4.94. The maximum Gasteiger partial charge on any atom is 0.215 e. The fourth-order valence-corrected chi connectivity index (χ4v) is 4.24. The molecule has 5 heteroatoms. The zero-order chi connectivity index (χ0) is 14.5. The van der Waals surface area contributed by atoms with Gasteiger partial charge in [-0.05, 0) is 30.2 Å². The smallest absolute Gasteiger partial charge is 0.215 e. The number of nitrogens with one attached hydrogen (secondary N) is 1.